The van der Waals surface area contributed by atoms with E-state index in [9.17, 15) is 4.79 Å². The Hall–Kier alpha value is -1.35. The van der Waals surface area contributed by atoms with Crippen LogP contribution in [-0.2, 0) is 9.53 Å². The van der Waals surface area contributed by atoms with Gasteiger partial charge in [-0.2, -0.15) is 0 Å². The van der Waals surface area contributed by atoms with Crippen molar-refractivity contribution in [2.24, 2.45) is 5.92 Å². The molecule has 1 N–H and O–H groups in total. The van der Waals surface area contributed by atoms with Crippen molar-refractivity contribution in [1.82, 2.24) is 5.32 Å². The fourth-order valence-corrected chi connectivity index (χ4v) is 2.85. The smallest absolute Gasteiger partial charge is 0.310 e. The van der Waals surface area contributed by atoms with Crippen LogP contribution in [0, 0.1) is 5.92 Å². The summed E-state index contributed by atoms with van der Waals surface area (Å²) in [4.78, 5) is 11.9. The number of benzene rings is 1. The number of esters is 1. The maximum Gasteiger partial charge on any atom is 0.310 e. The third kappa shape index (κ3) is 3.57. The number of ether oxygens (including phenoxy) is 1. The molecule has 3 heteroatoms. The van der Waals surface area contributed by atoms with Crippen LogP contribution in [0.5, 0.6) is 0 Å². The summed E-state index contributed by atoms with van der Waals surface area (Å²) >= 11 is 0. The topological polar surface area (TPSA) is 38.3 Å². The molecule has 1 aliphatic rings. The predicted molar refractivity (Wildman–Crippen MR) is 75.8 cm³/mol. The van der Waals surface area contributed by atoms with E-state index in [4.69, 9.17) is 4.74 Å². The standard InChI is InChI=1S/C16H23NO2/c1-3-19-16(18)14-10-7-11-15(14)17-12(2)13-8-5-4-6-9-13/h4-6,8-9,12,14-15,17H,3,7,10-11H2,1-2H3/t12-,14?,15-/m0/s1. The highest BCUT2D eigenvalue weighted by atomic mass is 16.5. The fraction of sp³-hybridized carbons (Fsp3) is 0.562. The monoisotopic (exact) mass is 261 g/mol. The number of hydrogen-bond donors (Lipinski definition) is 1. The second-order valence-electron chi connectivity index (χ2n) is 5.19. The maximum atomic E-state index is 11.9. The lowest BCUT2D eigenvalue weighted by molar-refractivity contribution is -0.148. The van der Waals surface area contributed by atoms with Crippen molar-refractivity contribution >= 4 is 5.97 Å². The van der Waals surface area contributed by atoms with E-state index in [0.29, 0.717) is 6.61 Å². The van der Waals surface area contributed by atoms with Crippen LogP contribution in [0.2, 0.25) is 0 Å². The summed E-state index contributed by atoms with van der Waals surface area (Å²) in [6.07, 6.45) is 3.10. The molecule has 104 valence electrons. The van der Waals surface area contributed by atoms with Gasteiger partial charge in [0.2, 0.25) is 0 Å². The highest BCUT2D eigenvalue weighted by Gasteiger charge is 2.34. The molecule has 1 saturated carbocycles. The van der Waals surface area contributed by atoms with Gasteiger partial charge in [0.25, 0.3) is 0 Å². The highest BCUT2D eigenvalue weighted by molar-refractivity contribution is 5.73. The van der Waals surface area contributed by atoms with Gasteiger partial charge in [-0.3, -0.25) is 4.79 Å². The van der Waals surface area contributed by atoms with Crippen LogP contribution in [0.25, 0.3) is 0 Å². The molecule has 3 atom stereocenters. The van der Waals surface area contributed by atoms with Gasteiger partial charge in [0.15, 0.2) is 0 Å². The van der Waals surface area contributed by atoms with Crippen molar-refractivity contribution in [2.75, 3.05) is 6.61 Å². The van der Waals surface area contributed by atoms with Gasteiger partial charge in [0, 0.05) is 12.1 Å². The van der Waals surface area contributed by atoms with Crippen LogP contribution in [0.15, 0.2) is 30.3 Å². The summed E-state index contributed by atoms with van der Waals surface area (Å²) in [7, 11) is 0. The lowest BCUT2D eigenvalue weighted by Gasteiger charge is -2.24. The Morgan fingerprint density at radius 3 is 2.79 bits per heavy atom. The minimum Gasteiger partial charge on any atom is -0.466 e. The third-order valence-electron chi connectivity index (χ3n) is 3.87. The molecule has 1 fully saturated rings. The Morgan fingerprint density at radius 1 is 1.37 bits per heavy atom. The van der Waals surface area contributed by atoms with Crippen molar-refractivity contribution in [1.29, 1.82) is 0 Å². The molecule has 0 bridgehead atoms. The second-order valence-corrected chi connectivity index (χ2v) is 5.19. The minimum absolute atomic E-state index is 0.0195. The van der Waals surface area contributed by atoms with Crippen molar-refractivity contribution in [3.63, 3.8) is 0 Å². The number of carbonyl (C=O) groups excluding carboxylic acids is 1. The molecule has 2 rings (SSSR count). The molecular weight excluding hydrogens is 238 g/mol. The van der Waals surface area contributed by atoms with Crippen molar-refractivity contribution in [3.05, 3.63) is 35.9 Å². The van der Waals surface area contributed by atoms with Gasteiger partial charge in [-0.1, -0.05) is 36.8 Å². The van der Waals surface area contributed by atoms with E-state index < -0.39 is 0 Å². The summed E-state index contributed by atoms with van der Waals surface area (Å²) < 4.78 is 5.16. The van der Waals surface area contributed by atoms with E-state index in [2.05, 4.69) is 24.4 Å². The second kappa shape index (κ2) is 6.71. The third-order valence-corrected chi connectivity index (χ3v) is 3.87. The summed E-state index contributed by atoms with van der Waals surface area (Å²) in [5.74, 6) is -0.0242. The largest absolute Gasteiger partial charge is 0.466 e. The Bertz CT molecular complexity index is 404. The average Bonchev–Trinajstić information content (AvgIpc) is 2.88. The molecule has 3 nitrogen and oxygen atoms in total. The first-order chi connectivity index (χ1) is 9.22. The lowest BCUT2D eigenvalue weighted by Crippen LogP contribution is -2.38. The van der Waals surface area contributed by atoms with Crippen LogP contribution in [-0.4, -0.2) is 18.6 Å². The van der Waals surface area contributed by atoms with E-state index in [1.165, 1.54) is 5.56 Å². The summed E-state index contributed by atoms with van der Waals surface area (Å²) in [6, 6.07) is 10.9. The molecule has 1 aromatic carbocycles. The quantitative estimate of drug-likeness (QED) is 0.828. The zero-order valence-corrected chi connectivity index (χ0v) is 11.8. The molecule has 1 aliphatic carbocycles. The SMILES string of the molecule is CCOC(=O)C1CCC[C@@H]1N[C@@H](C)c1ccccc1. The first-order valence-electron chi connectivity index (χ1n) is 7.20. The van der Waals surface area contributed by atoms with E-state index >= 15 is 0 Å². The lowest BCUT2D eigenvalue weighted by atomic mass is 10.0. The molecule has 0 amide bonds. The number of hydrogen-bond acceptors (Lipinski definition) is 3. The average molecular weight is 261 g/mol. The summed E-state index contributed by atoms with van der Waals surface area (Å²) in [5.41, 5.74) is 1.26. The molecule has 0 aromatic heterocycles. The van der Waals surface area contributed by atoms with Crippen LogP contribution in [0.3, 0.4) is 0 Å². The molecule has 0 spiro atoms. The van der Waals surface area contributed by atoms with Gasteiger partial charge in [-0.25, -0.2) is 0 Å². The van der Waals surface area contributed by atoms with Crippen molar-refractivity contribution < 1.29 is 9.53 Å². The van der Waals surface area contributed by atoms with Gasteiger partial charge < -0.3 is 10.1 Å². The molecule has 0 heterocycles. The van der Waals surface area contributed by atoms with Crippen molar-refractivity contribution in [3.8, 4) is 0 Å². The predicted octanol–water partition coefficient (Wildman–Crippen LogP) is 3.07. The summed E-state index contributed by atoms with van der Waals surface area (Å²) in [5, 5.41) is 3.58. The van der Waals surface area contributed by atoms with Crippen LogP contribution in [0.1, 0.15) is 44.7 Å². The highest BCUT2D eigenvalue weighted by Crippen LogP contribution is 2.29. The molecule has 1 unspecified atom stereocenters. The van der Waals surface area contributed by atoms with E-state index in [1.807, 2.05) is 25.1 Å². The van der Waals surface area contributed by atoms with E-state index in [1.54, 1.807) is 0 Å². The molecular formula is C16H23NO2. The zero-order valence-electron chi connectivity index (χ0n) is 11.8. The molecule has 0 radical (unpaired) electrons. The number of rotatable bonds is 5. The maximum absolute atomic E-state index is 11.9. The van der Waals surface area contributed by atoms with Gasteiger partial charge >= 0.3 is 5.97 Å². The molecule has 1 aromatic rings. The van der Waals surface area contributed by atoms with Gasteiger partial charge in [0.05, 0.1) is 12.5 Å². The van der Waals surface area contributed by atoms with E-state index in [0.717, 1.165) is 19.3 Å². The van der Waals surface area contributed by atoms with E-state index in [-0.39, 0.29) is 24.0 Å². The molecule has 19 heavy (non-hydrogen) atoms. The van der Waals surface area contributed by atoms with Gasteiger partial charge in [-0.15, -0.1) is 0 Å². The van der Waals surface area contributed by atoms with Crippen LogP contribution < -0.4 is 5.32 Å². The van der Waals surface area contributed by atoms with Crippen molar-refractivity contribution in [2.45, 2.75) is 45.2 Å². The number of carbonyl (C=O) groups is 1. The van der Waals surface area contributed by atoms with Crippen LogP contribution in [0.4, 0.5) is 0 Å². The Labute approximate surface area is 115 Å². The van der Waals surface area contributed by atoms with Gasteiger partial charge in [0.1, 0.15) is 0 Å². The Balaban J connectivity index is 1.96. The number of nitrogens with one attached hydrogen (secondary N) is 1. The Morgan fingerprint density at radius 2 is 2.11 bits per heavy atom. The first kappa shape index (κ1) is 14.1. The zero-order chi connectivity index (χ0) is 13.7. The molecule has 0 aliphatic heterocycles. The fourth-order valence-electron chi connectivity index (χ4n) is 2.85. The minimum atomic E-state index is -0.0437. The first-order valence-corrected chi connectivity index (χ1v) is 7.20. The molecule has 0 saturated heterocycles. The summed E-state index contributed by atoms with van der Waals surface area (Å²) in [6.45, 7) is 4.48. The van der Waals surface area contributed by atoms with Crippen LogP contribution >= 0.6 is 0 Å². The van der Waals surface area contributed by atoms with Gasteiger partial charge in [-0.05, 0) is 32.3 Å². The Kier molecular flexibility index (Phi) is 4.97. The normalized spacial score (nSPS) is 24.1.